The van der Waals surface area contributed by atoms with Gasteiger partial charge < -0.3 is 5.32 Å². The molecule has 0 aliphatic carbocycles. The largest absolute Gasteiger partial charge is 0.373 e. The summed E-state index contributed by atoms with van der Waals surface area (Å²) in [7, 11) is 1.89. The van der Waals surface area contributed by atoms with Crippen LogP contribution in [0.25, 0.3) is 22.3 Å². The number of benzene rings is 2. The van der Waals surface area contributed by atoms with Crippen LogP contribution in [0.3, 0.4) is 0 Å². The van der Waals surface area contributed by atoms with Crippen LogP contribution in [0.4, 0.5) is 5.82 Å². The number of fused-ring (bicyclic) bond motifs is 1. The predicted octanol–water partition coefficient (Wildman–Crippen LogP) is 4.37. The molecule has 0 saturated heterocycles. The van der Waals surface area contributed by atoms with Crippen LogP contribution in [0.1, 0.15) is 5.56 Å². The second-order valence-corrected chi connectivity index (χ2v) is 5.77. The van der Waals surface area contributed by atoms with Crippen molar-refractivity contribution in [3.63, 3.8) is 0 Å². The highest BCUT2D eigenvalue weighted by molar-refractivity contribution is 7.98. The summed E-state index contributed by atoms with van der Waals surface area (Å²) >= 11 is 1.73. The van der Waals surface area contributed by atoms with Gasteiger partial charge in [-0.3, -0.25) is 0 Å². The Morgan fingerprint density at radius 3 is 2.43 bits per heavy atom. The molecular weight excluding hydrogens is 278 g/mol. The van der Waals surface area contributed by atoms with Crippen molar-refractivity contribution < 1.29 is 0 Å². The van der Waals surface area contributed by atoms with E-state index < -0.39 is 0 Å². The first-order valence-electron chi connectivity index (χ1n) is 6.82. The molecule has 0 unspecified atom stereocenters. The van der Waals surface area contributed by atoms with E-state index in [2.05, 4.69) is 59.9 Å². The Hall–Kier alpha value is -2.07. The lowest BCUT2D eigenvalue weighted by molar-refractivity contribution is 1.21. The van der Waals surface area contributed by atoms with Crippen molar-refractivity contribution in [2.45, 2.75) is 11.8 Å². The third-order valence-corrected chi connectivity index (χ3v) is 4.18. The molecule has 0 spiro atoms. The molecule has 1 heterocycles. The van der Waals surface area contributed by atoms with E-state index in [0.29, 0.717) is 0 Å². The van der Waals surface area contributed by atoms with Gasteiger partial charge in [0.05, 0.1) is 5.52 Å². The molecule has 106 valence electrons. The Morgan fingerprint density at radius 1 is 1.00 bits per heavy atom. The van der Waals surface area contributed by atoms with E-state index in [0.717, 1.165) is 28.1 Å². The summed E-state index contributed by atoms with van der Waals surface area (Å²) in [5.41, 5.74) is 3.20. The molecule has 2 aromatic carbocycles. The second-order valence-electron chi connectivity index (χ2n) is 4.89. The van der Waals surface area contributed by atoms with E-state index >= 15 is 0 Å². The summed E-state index contributed by atoms with van der Waals surface area (Å²) in [5.74, 6) is 1.62. The molecule has 3 nitrogen and oxygen atoms in total. The molecule has 0 amide bonds. The van der Waals surface area contributed by atoms with E-state index in [1.807, 2.05) is 13.1 Å². The van der Waals surface area contributed by atoms with Gasteiger partial charge in [0.25, 0.3) is 0 Å². The highest BCUT2D eigenvalue weighted by Gasteiger charge is 2.08. The molecule has 3 aromatic rings. The molecule has 0 saturated carbocycles. The first-order valence-corrected chi connectivity index (χ1v) is 8.04. The highest BCUT2D eigenvalue weighted by atomic mass is 32.2. The molecular formula is C17H17N3S. The van der Waals surface area contributed by atoms with Gasteiger partial charge in [0.15, 0.2) is 5.82 Å². The summed E-state index contributed by atoms with van der Waals surface area (Å²) in [6, 6.07) is 14.6. The average molecular weight is 295 g/mol. The minimum absolute atomic E-state index is 0.753. The van der Waals surface area contributed by atoms with Crippen molar-refractivity contribution in [1.82, 2.24) is 9.97 Å². The fraction of sp³-hybridized carbons (Fsp3) is 0.176. The quantitative estimate of drug-likeness (QED) is 0.728. The Morgan fingerprint density at radius 2 is 1.76 bits per heavy atom. The molecule has 3 rings (SSSR count). The van der Waals surface area contributed by atoms with Gasteiger partial charge in [0.2, 0.25) is 0 Å². The Kier molecular flexibility index (Phi) is 3.80. The summed E-state index contributed by atoms with van der Waals surface area (Å²) in [6.45, 7) is 2.08. The first kappa shape index (κ1) is 13.9. The molecule has 4 heteroatoms. The maximum absolute atomic E-state index is 4.69. The number of thioether (sulfide) groups is 1. The number of aryl methyl sites for hydroxylation is 1. The smallest absolute Gasteiger partial charge is 0.162 e. The van der Waals surface area contributed by atoms with Crippen LogP contribution in [0, 0.1) is 6.92 Å². The van der Waals surface area contributed by atoms with E-state index in [-0.39, 0.29) is 0 Å². The van der Waals surface area contributed by atoms with Crippen molar-refractivity contribution in [3.05, 3.63) is 48.0 Å². The minimum Gasteiger partial charge on any atom is -0.373 e. The normalized spacial score (nSPS) is 10.8. The third-order valence-electron chi connectivity index (χ3n) is 3.44. The molecule has 21 heavy (non-hydrogen) atoms. The van der Waals surface area contributed by atoms with Crippen molar-refractivity contribution in [1.29, 1.82) is 0 Å². The van der Waals surface area contributed by atoms with Gasteiger partial charge in [-0.05, 0) is 37.4 Å². The number of nitrogens with one attached hydrogen (secondary N) is 1. The van der Waals surface area contributed by atoms with Crippen LogP contribution in [0.15, 0.2) is 47.4 Å². The zero-order chi connectivity index (χ0) is 14.8. The zero-order valence-corrected chi connectivity index (χ0v) is 13.2. The monoisotopic (exact) mass is 295 g/mol. The number of rotatable bonds is 3. The Bertz CT molecular complexity index is 782. The lowest BCUT2D eigenvalue weighted by atomic mass is 10.1. The Balaban J connectivity index is 2.16. The van der Waals surface area contributed by atoms with E-state index in [1.54, 1.807) is 11.8 Å². The van der Waals surface area contributed by atoms with Crippen LogP contribution >= 0.6 is 11.8 Å². The molecule has 0 atom stereocenters. The van der Waals surface area contributed by atoms with Gasteiger partial charge in [0, 0.05) is 22.9 Å². The average Bonchev–Trinajstić information content (AvgIpc) is 2.54. The van der Waals surface area contributed by atoms with Crippen LogP contribution in [-0.4, -0.2) is 23.3 Å². The summed E-state index contributed by atoms with van der Waals surface area (Å²) < 4.78 is 0. The van der Waals surface area contributed by atoms with Gasteiger partial charge in [-0.25, -0.2) is 9.97 Å². The Labute approximate surface area is 128 Å². The maximum atomic E-state index is 4.69. The number of aromatic nitrogens is 2. The van der Waals surface area contributed by atoms with E-state index in [1.165, 1.54) is 10.5 Å². The number of hydrogen-bond donors (Lipinski definition) is 1. The lowest BCUT2D eigenvalue weighted by Crippen LogP contribution is -1.99. The standard InChI is InChI=1S/C17H17N3S/c1-11-4-9-15-14(10-11)17(18-2)20-16(19-15)12-5-7-13(21-3)8-6-12/h4-10H,1-3H3,(H,18,19,20). The van der Waals surface area contributed by atoms with Crippen molar-refractivity contribution in [3.8, 4) is 11.4 Å². The number of nitrogens with zero attached hydrogens (tertiary/aromatic N) is 2. The highest BCUT2D eigenvalue weighted by Crippen LogP contribution is 2.26. The summed E-state index contributed by atoms with van der Waals surface area (Å²) in [5, 5.41) is 4.23. The van der Waals surface area contributed by atoms with Crippen LogP contribution in [0.5, 0.6) is 0 Å². The number of anilines is 1. The van der Waals surface area contributed by atoms with Gasteiger partial charge in [-0.2, -0.15) is 0 Å². The fourth-order valence-electron chi connectivity index (χ4n) is 2.30. The molecule has 0 aliphatic rings. The molecule has 0 aliphatic heterocycles. The van der Waals surface area contributed by atoms with E-state index in [9.17, 15) is 0 Å². The van der Waals surface area contributed by atoms with Crippen LogP contribution in [0.2, 0.25) is 0 Å². The third kappa shape index (κ3) is 2.72. The van der Waals surface area contributed by atoms with Gasteiger partial charge in [0.1, 0.15) is 5.82 Å². The molecule has 1 N–H and O–H groups in total. The zero-order valence-electron chi connectivity index (χ0n) is 12.3. The van der Waals surface area contributed by atoms with E-state index in [4.69, 9.17) is 4.98 Å². The predicted molar refractivity (Wildman–Crippen MR) is 91.0 cm³/mol. The van der Waals surface area contributed by atoms with Crippen molar-refractivity contribution >= 4 is 28.5 Å². The van der Waals surface area contributed by atoms with Crippen molar-refractivity contribution in [2.75, 3.05) is 18.6 Å². The SMILES string of the molecule is CNc1nc(-c2ccc(SC)cc2)nc2ccc(C)cc12. The van der Waals surface area contributed by atoms with Gasteiger partial charge in [-0.1, -0.05) is 23.8 Å². The topological polar surface area (TPSA) is 37.8 Å². The number of hydrogen-bond acceptors (Lipinski definition) is 4. The molecule has 0 radical (unpaired) electrons. The van der Waals surface area contributed by atoms with Gasteiger partial charge in [-0.15, -0.1) is 11.8 Å². The minimum atomic E-state index is 0.753. The second kappa shape index (κ2) is 5.74. The first-order chi connectivity index (χ1) is 10.2. The summed E-state index contributed by atoms with van der Waals surface area (Å²) in [4.78, 5) is 10.6. The van der Waals surface area contributed by atoms with Gasteiger partial charge >= 0.3 is 0 Å². The molecule has 0 bridgehead atoms. The van der Waals surface area contributed by atoms with Crippen molar-refractivity contribution in [2.24, 2.45) is 0 Å². The summed E-state index contributed by atoms with van der Waals surface area (Å²) in [6.07, 6.45) is 2.07. The maximum Gasteiger partial charge on any atom is 0.162 e. The molecule has 0 fully saturated rings. The lowest BCUT2D eigenvalue weighted by Gasteiger charge is -2.09. The van der Waals surface area contributed by atoms with Crippen LogP contribution in [-0.2, 0) is 0 Å². The fourth-order valence-corrected chi connectivity index (χ4v) is 2.71. The molecule has 1 aromatic heterocycles. The van der Waals surface area contributed by atoms with Crippen LogP contribution < -0.4 is 5.32 Å².